The van der Waals surface area contributed by atoms with Crippen LogP contribution in [0, 0.1) is 0 Å². The minimum absolute atomic E-state index is 0.0244. The molecule has 5 heteroatoms. The molecule has 2 aromatic carbocycles. The number of rotatable bonds is 4. The Morgan fingerprint density at radius 3 is 1.96 bits per heavy atom. The summed E-state index contributed by atoms with van der Waals surface area (Å²) in [6.45, 7) is 13.4. The van der Waals surface area contributed by atoms with Gasteiger partial charge in [-0.25, -0.2) is 0 Å². The van der Waals surface area contributed by atoms with Gasteiger partial charge in [-0.2, -0.15) is 0 Å². The van der Waals surface area contributed by atoms with Crippen molar-refractivity contribution in [2.45, 2.75) is 59.0 Å². The maximum Gasteiger partial charge on any atom is 0.254 e. The molecule has 0 amide bonds. The third-order valence-electron chi connectivity index (χ3n) is 4.55. The minimum atomic E-state index is 0.0244. The van der Waals surface area contributed by atoms with Crippen LogP contribution in [-0.2, 0) is 17.4 Å². The Morgan fingerprint density at radius 1 is 0.857 bits per heavy atom. The van der Waals surface area contributed by atoms with E-state index in [2.05, 4.69) is 69.9 Å². The molecule has 0 fully saturated rings. The third kappa shape index (κ3) is 4.93. The number of hydrogen-bond acceptors (Lipinski definition) is 4. The molecular weight excluding hydrogens is 372 g/mol. The van der Waals surface area contributed by atoms with Crippen molar-refractivity contribution in [3.05, 3.63) is 64.5 Å². The topological polar surface area (TPSA) is 48.2 Å². The van der Waals surface area contributed by atoms with Crippen molar-refractivity contribution in [2.24, 2.45) is 0 Å². The van der Waals surface area contributed by atoms with E-state index in [1.807, 2.05) is 12.1 Å². The maximum atomic E-state index is 5.89. The summed E-state index contributed by atoms with van der Waals surface area (Å²) in [7, 11) is 0. The smallest absolute Gasteiger partial charge is 0.254 e. The molecule has 0 bridgehead atoms. The van der Waals surface area contributed by atoms with E-state index in [0.717, 1.165) is 5.56 Å². The van der Waals surface area contributed by atoms with Gasteiger partial charge in [0.1, 0.15) is 5.75 Å². The number of aromatic nitrogens is 2. The van der Waals surface area contributed by atoms with Crippen molar-refractivity contribution in [3.8, 4) is 17.2 Å². The van der Waals surface area contributed by atoms with Gasteiger partial charge in [-0.3, -0.25) is 0 Å². The Hall–Kier alpha value is -2.33. The van der Waals surface area contributed by atoms with Crippen LogP contribution in [0.1, 0.15) is 58.6 Å². The summed E-state index contributed by atoms with van der Waals surface area (Å²) < 4.78 is 11.6. The first kappa shape index (κ1) is 20.4. The van der Waals surface area contributed by atoms with Crippen LogP contribution in [0.2, 0.25) is 5.02 Å². The Labute approximate surface area is 171 Å². The largest absolute Gasteiger partial charge is 0.484 e. The summed E-state index contributed by atoms with van der Waals surface area (Å²) in [6, 6.07) is 13.7. The molecule has 3 aromatic rings. The van der Waals surface area contributed by atoms with Gasteiger partial charge in [0.25, 0.3) is 5.89 Å². The summed E-state index contributed by atoms with van der Waals surface area (Å²) in [4.78, 5) is 0. The first-order valence-corrected chi connectivity index (χ1v) is 9.77. The van der Waals surface area contributed by atoms with Crippen LogP contribution in [0.4, 0.5) is 0 Å². The zero-order valence-corrected chi connectivity index (χ0v) is 18.1. The Kier molecular flexibility index (Phi) is 5.53. The molecule has 1 aromatic heterocycles. The lowest BCUT2D eigenvalue weighted by molar-refractivity contribution is 0.264. The molecule has 0 saturated carbocycles. The monoisotopic (exact) mass is 398 g/mol. The summed E-state index contributed by atoms with van der Waals surface area (Å²) in [5.41, 5.74) is 3.47. The summed E-state index contributed by atoms with van der Waals surface area (Å²) >= 11 is 5.89. The predicted octanol–water partition coefficient (Wildman–Crippen LogP) is 6.56. The van der Waals surface area contributed by atoms with Crippen LogP contribution in [0.25, 0.3) is 11.5 Å². The van der Waals surface area contributed by atoms with E-state index in [1.54, 1.807) is 12.1 Å². The molecule has 1 heterocycles. The normalized spacial score (nSPS) is 12.2. The van der Waals surface area contributed by atoms with E-state index in [9.17, 15) is 0 Å². The molecule has 0 spiro atoms. The standard InChI is InChI=1S/C23H27ClN2O2/c1-22(2,3)16-11-15(12-17(13-16)23(4,5)6)21-26-25-20(28-21)14-27-19-9-7-18(24)8-10-19/h7-13H,14H2,1-6H3. The highest BCUT2D eigenvalue weighted by Gasteiger charge is 2.22. The Bertz CT molecular complexity index is 916. The third-order valence-corrected chi connectivity index (χ3v) is 4.81. The lowest BCUT2D eigenvalue weighted by atomic mass is 9.79. The molecule has 0 aliphatic carbocycles. The molecule has 3 rings (SSSR count). The first-order valence-electron chi connectivity index (χ1n) is 9.39. The van der Waals surface area contributed by atoms with Gasteiger partial charge in [0.05, 0.1) is 0 Å². The second-order valence-electron chi connectivity index (χ2n) is 9.04. The average molecular weight is 399 g/mol. The van der Waals surface area contributed by atoms with Crippen molar-refractivity contribution in [1.29, 1.82) is 0 Å². The van der Waals surface area contributed by atoms with Crippen LogP contribution >= 0.6 is 11.6 Å². The molecular formula is C23H27ClN2O2. The van der Waals surface area contributed by atoms with Gasteiger partial charge in [-0.05, 0) is 58.4 Å². The second kappa shape index (κ2) is 7.59. The van der Waals surface area contributed by atoms with Crippen molar-refractivity contribution < 1.29 is 9.15 Å². The second-order valence-corrected chi connectivity index (χ2v) is 9.48. The van der Waals surface area contributed by atoms with Gasteiger partial charge in [0, 0.05) is 10.6 Å². The first-order chi connectivity index (χ1) is 13.0. The minimum Gasteiger partial charge on any atom is -0.484 e. The highest BCUT2D eigenvalue weighted by molar-refractivity contribution is 6.30. The number of halogens is 1. The fourth-order valence-corrected chi connectivity index (χ4v) is 2.85. The number of hydrogen-bond donors (Lipinski definition) is 0. The Balaban J connectivity index is 1.86. The molecule has 0 aliphatic heterocycles. The molecule has 0 radical (unpaired) electrons. The number of ether oxygens (including phenoxy) is 1. The molecule has 0 saturated heterocycles. The van der Waals surface area contributed by atoms with Crippen molar-refractivity contribution in [2.75, 3.05) is 0 Å². The lowest BCUT2D eigenvalue weighted by Gasteiger charge is -2.25. The van der Waals surface area contributed by atoms with Crippen LogP contribution < -0.4 is 4.74 Å². The van der Waals surface area contributed by atoms with E-state index >= 15 is 0 Å². The van der Waals surface area contributed by atoms with Crippen LogP contribution in [0.15, 0.2) is 46.9 Å². The zero-order chi connectivity index (χ0) is 20.5. The summed E-state index contributed by atoms with van der Waals surface area (Å²) in [5.74, 6) is 1.64. The van der Waals surface area contributed by atoms with E-state index in [0.29, 0.717) is 22.6 Å². The average Bonchev–Trinajstić information content (AvgIpc) is 3.08. The van der Waals surface area contributed by atoms with Gasteiger partial charge < -0.3 is 9.15 Å². The van der Waals surface area contributed by atoms with Crippen LogP contribution in [0.3, 0.4) is 0 Å². The van der Waals surface area contributed by atoms with Crippen LogP contribution in [0.5, 0.6) is 5.75 Å². The highest BCUT2D eigenvalue weighted by Crippen LogP contribution is 2.33. The van der Waals surface area contributed by atoms with Crippen molar-refractivity contribution >= 4 is 11.6 Å². The van der Waals surface area contributed by atoms with Crippen LogP contribution in [-0.4, -0.2) is 10.2 Å². The van der Waals surface area contributed by atoms with Gasteiger partial charge in [0.2, 0.25) is 5.89 Å². The maximum absolute atomic E-state index is 5.89. The summed E-state index contributed by atoms with van der Waals surface area (Å²) in [5, 5.41) is 9.05. The SMILES string of the molecule is CC(C)(C)c1cc(-c2nnc(COc3ccc(Cl)cc3)o2)cc(C(C)(C)C)c1. The molecule has 0 unspecified atom stereocenters. The molecule has 148 valence electrons. The predicted molar refractivity (Wildman–Crippen MR) is 113 cm³/mol. The fraction of sp³-hybridized carbons (Fsp3) is 0.391. The van der Waals surface area contributed by atoms with Gasteiger partial charge in [-0.15, -0.1) is 10.2 Å². The zero-order valence-electron chi connectivity index (χ0n) is 17.3. The van der Waals surface area contributed by atoms with Crippen molar-refractivity contribution in [3.63, 3.8) is 0 Å². The fourth-order valence-electron chi connectivity index (χ4n) is 2.72. The van der Waals surface area contributed by atoms with Gasteiger partial charge in [-0.1, -0.05) is 59.2 Å². The molecule has 28 heavy (non-hydrogen) atoms. The molecule has 0 aliphatic rings. The molecule has 0 atom stereocenters. The molecule has 0 N–H and O–H groups in total. The van der Waals surface area contributed by atoms with Crippen molar-refractivity contribution in [1.82, 2.24) is 10.2 Å². The number of benzene rings is 2. The quantitative estimate of drug-likeness (QED) is 0.499. The summed E-state index contributed by atoms with van der Waals surface area (Å²) in [6.07, 6.45) is 0. The van der Waals surface area contributed by atoms with E-state index in [4.69, 9.17) is 20.8 Å². The number of nitrogens with zero attached hydrogens (tertiary/aromatic N) is 2. The van der Waals surface area contributed by atoms with E-state index in [-0.39, 0.29) is 17.4 Å². The van der Waals surface area contributed by atoms with Gasteiger partial charge >= 0.3 is 0 Å². The van der Waals surface area contributed by atoms with Gasteiger partial charge in [0.15, 0.2) is 6.61 Å². The lowest BCUT2D eigenvalue weighted by Crippen LogP contribution is -2.16. The van der Waals surface area contributed by atoms with E-state index < -0.39 is 0 Å². The highest BCUT2D eigenvalue weighted by atomic mass is 35.5. The molecule has 4 nitrogen and oxygen atoms in total. The van der Waals surface area contributed by atoms with E-state index in [1.165, 1.54) is 11.1 Å². The Morgan fingerprint density at radius 2 is 1.43 bits per heavy atom.